The van der Waals surface area contributed by atoms with Gasteiger partial charge in [-0.25, -0.2) is 14.2 Å². The van der Waals surface area contributed by atoms with Gasteiger partial charge >= 0.3 is 6.09 Å². The van der Waals surface area contributed by atoms with Crippen LogP contribution in [-0.4, -0.2) is 57.0 Å². The van der Waals surface area contributed by atoms with Crippen molar-refractivity contribution in [2.24, 2.45) is 0 Å². The van der Waals surface area contributed by atoms with Crippen molar-refractivity contribution in [3.8, 4) is 11.3 Å². The van der Waals surface area contributed by atoms with E-state index in [1.807, 2.05) is 6.92 Å². The van der Waals surface area contributed by atoms with Crippen molar-refractivity contribution >= 4 is 35.1 Å². The Morgan fingerprint density at radius 2 is 1.82 bits per heavy atom. The zero-order valence-corrected chi connectivity index (χ0v) is 16.8. The third-order valence-electron chi connectivity index (χ3n) is 4.83. The molecule has 0 bridgehead atoms. The Morgan fingerprint density at radius 3 is 2.46 bits per heavy atom. The van der Waals surface area contributed by atoms with Crippen LogP contribution in [0.4, 0.5) is 9.18 Å². The highest BCUT2D eigenvalue weighted by molar-refractivity contribution is 6.36. The van der Waals surface area contributed by atoms with Gasteiger partial charge in [0.25, 0.3) is 0 Å². The van der Waals surface area contributed by atoms with Crippen LogP contribution in [0.5, 0.6) is 0 Å². The van der Waals surface area contributed by atoms with E-state index in [1.165, 1.54) is 17.0 Å². The minimum atomic E-state index is -0.984. The molecule has 3 rings (SSSR count). The van der Waals surface area contributed by atoms with Crippen molar-refractivity contribution in [2.45, 2.75) is 25.9 Å². The fraction of sp³-hybridized carbons (Fsp3) is 0.316. The number of halogens is 3. The summed E-state index contributed by atoms with van der Waals surface area (Å²) in [6.45, 7) is 4.24. The zero-order chi connectivity index (χ0) is 20.6. The van der Waals surface area contributed by atoms with Crippen LogP contribution < -0.4 is 0 Å². The maximum absolute atomic E-state index is 14.1. The maximum Gasteiger partial charge on any atom is 0.407 e. The van der Waals surface area contributed by atoms with Gasteiger partial charge in [-0.1, -0.05) is 35.3 Å². The second-order valence-electron chi connectivity index (χ2n) is 6.77. The minimum Gasteiger partial charge on any atom is -0.465 e. The second-order valence-corrected chi connectivity index (χ2v) is 7.54. The van der Waals surface area contributed by atoms with Gasteiger partial charge < -0.3 is 14.9 Å². The third kappa shape index (κ3) is 3.77. The molecule has 0 saturated carbocycles. The molecule has 0 unspecified atom stereocenters. The molecule has 1 fully saturated rings. The van der Waals surface area contributed by atoms with E-state index in [0.29, 0.717) is 12.1 Å². The summed E-state index contributed by atoms with van der Waals surface area (Å²) in [5.41, 5.74) is 0.748. The quantitative estimate of drug-likeness (QED) is 0.419. The number of rotatable bonds is 2. The maximum atomic E-state index is 14.1. The smallest absolute Gasteiger partial charge is 0.407 e. The number of piperazine rings is 1. The lowest BCUT2D eigenvalue weighted by molar-refractivity contribution is 0.0747. The summed E-state index contributed by atoms with van der Waals surface area (Å²) in [5, 5.41) is 18.1. The monoisotopic (exact) mass is 424 g/mol. The van der Waals surface area contributed by atoms with Crippen molar-refractivity contribution in [3.63, 3.8) is 0 Å². The number of amidine groups is 1. The van der Waals surface area contributed by atoms with Gasteiger partial charge in [-0.3, -0.25) is 5.41 Å². The van der Waals surface area contributed by atoms with Gasteiger partial charge in [-0.2, -0.15) is 0 Å². The first kappa shape index (κ1) is 20.4. The molecule has 28 heavy (non-hydrogen) atoms. The molecule has 2 N–H and O–H groups in total. The van der Waals surface area contributed by atoms with Crippen LogP contribution in [0.2, 0.25) is 10.2 Å². The highest BCUT2D eigenvalue weighted by atomic mass is 35.5. The van der Waals surface area contributed by atoms with Crippen molar-refractivity contribution in [1.29, 1.82) is 5.41 Å². The Labute approximate surface area is 172 Å². The van der Waals surface area contributed by atoms with Gasteiger partial charge in [-0.05, 0) is 32.0 Å². The average molecular weight is 425 g/mol. The molecule has 0 spiro atoms. The van der Waals surface area contributed by atoms with Crippen LogP contribution in [0.1, 0.15) is 19.4 Å². The lowest BCUT2D eigenvalue weighted by Crippen LogP contribution is -2.59. The molecule has 2 heterocycles. The Morgan fingerprint density at radius 1 is 1.21 bits per heavy atom. The van der Waals surface area contributed by atoms with E-state index in [9.17, 15) is 14.3 Å². The molecule has 1 amide bonds. The summed E-state index contributed by atoms with van der Waals surface area (Å²) < 4.78 is 14.1. The van der Waals surface area contributed by atoms with E-state index in [1.54, 1.807) is 30.0 Å². The molecular weight excluding hydrogens is 406 g/mol. The van der Waals surface area contributed by atoms with E-state index < -0.39 is 11.9 Å². The van der Waals surface area contributed by atoms with Crippen molar-refractivity contribution < 1.29 is 14.3 Å². The lowest BCUT2D eigenvalue weighted by atomic mass is 10.1. The Bertz CT molecular complexity index is 940. The fourth-order valence-electron chi connectivity index (χ4n) is 3.33. The summed E-state index contributed by atoms with van der Waals surface area (Å²) in [6.07, 6.45) is -0.984. The molecule has 1 aromatic carbocycles. The largest absolute Gasteiger partial charge is 0.465 e. The van der Waals surface area contributed by atoms with Gasteiger partial charge in [-0.15, -0.1) is 0 Å². The summed E-state index contributed by atoms with van der Waals surface area (Å²) >= 11 is 12.6. The van der Waals surface area contributed by atoms with E-state index in [-0.39, 0.29) is 45.9 Å². The number of aromatic nitrogens is 1. The van der Waals surface area contributed by atoms with Gasteiger partial charge in [0, 0.05) is 30.7 Å². The van der Waals surface area contributed by atoms with Crippen LogP contribution >= 0.6 is 23.2 Å². The minimum absolute atomic E-state index is 0.0353. The Hall–Kier alpha value is -2.38. The van der Waals surface area contributed by atoms with Crippen LogP contribution in [0.25, 0.3) is 11.3 Å². The fourth-order valence-corrected chi connectivity index (χ4v) is 3.82. The first-order valence-electron chi connectivity index (χ1n) is 8.66. The van der Waals surface area contributed by atoms with Gasteiger partial charge in [0.05, 0.1) is 16.3 Å². The number of pyridine rings is 1. The number of benzene rings is 1. The summed E-state index contributed by atoms with van der Waals surface area (Å²) in [7, 11) is 0. The second kappa shape index (κ2) is 7.93. The molecule has 0 radical (unpaired) electrons. The van der Waals surface area contributed by atoms with Crippen LogP contribution in [0.15, 0.2) is 30.3 Å². The predicted molar refractivity (Wildman–Crippen MR) is 107 cm³/mol. The highest BCUT2D eigenvalue weighted by Crippen LogP contribution is 2.32. The lowest BCUT2D eigenvalue weighted by Gasteiger charge is -2.44. The summed E-state index contributed by atoms with van der Waals surface area (Å²) in [5.74, 6) is -0.369. The summed E-state index contributed by atoms with van der Waals surface area (Å²) in [4.78, 5) is 18.7. The molecule has 1 aliphatic heterocycles. The molecule has 1 saturated heterocycles. The van der Waals surface area contributed by atoms with E-state index in [0.717, 1.165) is 0 Å². The first-order chi connectivity index (χ1) is 13.2. The number of carbonyl (C=O) groups is 1. The number of nitrogens with zero attached hydrogens (tertiary/aromatic N) is 3. The molecular formula is C19H19Cl2FN4O2. The number of carboxylic acid groups (broad SMARTS) is 1. The van der Waals surface area contributed by atoms with Crippen molar-refractivity contribution in [3.05, 3.63) is 51.9 Å². The first-order valence-corrected chi connectivity index (χ1v) is 9.42. The van der Waals surface area contributed by atoms with Crippen molar-refractivity contribution in [2.75, 3.05) is 13.1 Å². The highest BCUT2D eigenvalue weighted by Gasteiger charge is 2.34. The molecule has 2 atom stereocenters. The Balaban J connectivity index is 1.92. The van der Waals surface area contributed by atoms with E-state index in [2.05, 4.69) is 4.98 Å². The number of hydrogen-bond acceptors (Lipinski definition) is 3. The number of hydrogen-bond donors (Lipinski definition) is 2. The van der Waals surface area contributed by atoms with Gasteiger partial charge in [0.15, 0.2) is 0 Å². The van der Waals surface area contributed by atoms with Crippen LogP contribution in [-0.2, 0) is 0 Å². The van der Waals surface area contributed by atoms with E-state index >= 15 is 0 Å². The summed E-state index contributed by atoms with van der Waals surface area (Å²) in [6, 6.07) is 7.10. The van der Waals surface area contributed by atoms with Crippen LogP contribution in [0, 0.1) is 11.2 Å². The SMILES string of the molecule is C[C@@H]1CN(C(=N)c2cc(Cl)c(-c3ccccc3F)nc2Cl)[C@@H](C)CN1C(=O)O. The number of nitrogens with one attached hydrogen (secondary N) is 1. The van der Waals surface area contributed by atoms with Gasteiger partial charge in [0.2, 0.25) is 0 Å². The van der Waals surface area contributed by atoms with Gasteiger partial charge in [0.1, 0.15) is 16.8 Å². The third-order valence-corrected chi connectivity index (χ3v) is 5.41. The average Bonchev–Trinajstić information content (AvgIpc) is 2.64. The van der Waals surface area contributed by atoms with Crippen LogP contribution in [0.3, 0.4) is 0 Å². The normalized spacial score (nSPS) is 19.6. The Kier molecular flexibility index (Phi) is 5.76. The molecule has 1 aromatic heterocycles. The molecule has 0 aliphatic carbocycles. The zero-order valence-electron chi connectivity index (χ0n) is 15.3. The molecule has 2 aromatic rings. The molecule has 9 heteroatoms. The predicted octanol–water partition coefficient (Wildman–Crippen LogP) is 4.59. The number of amides is 1. The standard InChI is InChI=1S/C19H19Cl2FN4O2/c1-10-9-26(19(27)28)11(2)8-25(10)18(23)13-7-14(20)16(24-17(13)21)12-5-3-4-6-15(12)22/h3-7,10-11,23H,8-9H2,1-2H3,(H,27,28)/t10-,11+/m0/s1. The topological polar surface area (TPSA) is 80.5 Å². The molecule has 6 nitrogen and oxygen atoms in total. The molecule has 148 valence electrons. The van der Waals surface area contributed by atoms with E-state index in [4.69, 9.17) is 28.6 Å². The molecule has 1 aliphatic rings. The van der Waals surface area contributed by atoms with Crippen molar-refractivity contribution in [1.82, 2.24) is 14.8 Å².